The van der Waals surface area contributed by atoms with Gasteiger partial charge in [0.15, 0.2) is 0 Å². The molecule has 3 nitrogen and oxygen atoms in total. The second-order valence-electron chi connectivity index (χ2n) is 10.4. The fraction of sp³-hybridized carbons (Fsp3) is 0.143. The Hall–Kier alpha value is -3.54. The van der Waals surface area contributed by atoms with E-state index < -0.39 is 0 Å². The molecule has 1 saturated heterocycles. The highest BCUT2D eigenvalue weighted by Gasteiger charge is 2.30. The van der Waals surface area contributed by atoms with Gasteiger partial charge >= 0.3 is 0 Å². The Balaban J connectivity index is 1.62. The van der Waals surface area contributed by atoms with Crippen LogP contribution in [-0.2, 0) is 0 Å². The van der Waals surface area contributed by atoms with Gasteiger partial charge in [0.2, 0.25) is 0 Å². The molecule has 0 radical (unpaired) electrons. The molecule has 1 aliphatic rings. The zero-order valence-electron chi connectivity index (χ0n) is 22.0. The minimum absolute atomic E-state index is 0.978. The summed E-state index contributed by atoms with van der Waals surface area (Å²) in [6, 6.07) is 36.6. The summed E-state index contributed by atoms with van der Waals surface area (Å²) in [5.74, 6) is 1.15. The van der Waals surface area contributed by atoms with Gasteiger partial charge in [-0.1, -0.05) is 92.5 Å². The van der Waals surface area contributed by atoms with Crippen molar-refractivity contribution in [2.45, 2.75) is 19.3 Å². The maximum atomic E-state index is 5.36. The molecule has 4 aromatic carbocycles. The Morgan fingerprint density at radius 2 is 1.27 bits per heavy atom. The maximum Gasteiger partial charge on any atom is 0.285 e. The summed E-state index contributed by atoms with van der Waals surface area (Å²) in [6.07, 6.45) is 3.67. The van der Waals surface area contributed by atoms with Gasteiger partial charge in [0, 0.05) is 25.3 Å². The number of rotatable bonds is 4. The molecule has 7 rings (SSSR count). The second-order valence-corrected chi connectivity index (χ2v) is 12.2. The Kier molecular flexibility index (Phi) is 6.86. The Morgan fingerprint density at radius 3 is 2.00 bits per heavy atom. The second kappa shape index (κ2) is 10.8. The third-order valence-electron chi connectivity index (χ3n) is 7.84. The molecule has 5 heteroatoms. The van der Waals surface area contributed by atoms with E-state index in [1.807, 2.05) is 0 Å². The van der Waals surface area contributed by atoms with Crippen molar-refractivity contribution in [2.75, 3.05) is 18.0 Å². The zero-order valence-corrected chi connectivity index (χ0v) is 25.2. The van der Waals surface area contributed by atoms with E-state index in [1.165, 1.54) is 46.9 Å². The summed E-state index contributed by atoms with van der Waals surface area (Å²) in [6.45, 7) is 2.07. The fourth-order valence-corrected chi connectivity index (χ4v) is 6.69. The number of pyridine rings is 2. The molecule has 196 valence electrons. The smallest absolute Gasteiger partial charge is 0.261 e. The average Bonchev–Trinajstić information content (AvgIpc) is 3.01. The lowest BCUT2D eigenvalue weighted by atomic mass is 9.91. The van der Waals surface area contributed by atoms with Crippen molar-refractivity contribution in [1.29, 1.82) is 0 Å². The van der Waals surface area contributed by atoms with Gasteiger partial charge in [0.1, 0.15) is 5.52 Å². The van der Waals surface area contributed by atoms with E-state index in [1.54, 1.807) is 0 Å². The van der Waals surface area contributed by atoms with E-state index in [9.17, 15) is 0 Å². The monoisotopic (exact) mass is 648 g/mol. The largest absolute Gasteiger partial charge is 0.285 e. The van der Waals surface area contributed by atoms with Crippen molar-refractivity contribution in [3.8, 4) is 33.5 Å². The van der Waals surface area contributed by atoms with Crippen LogP contribution in [0.5, 0.6) is 0 Å². The number of aromatic nitrogens is 2. The van der Waals surface area contributed by atoms with Crippen molar-refractivity contribution >= 4 is 59.5 Å². The number of fused-ring (bicyclic) bond motifs is 2. The standard InChI is InChI=1S/C35H27Br2N3/c36-25-14-16-30-28(20-25)27(23-10-4-1-5-11-23)22-32(38-30)34-33(24-12-6-2-7-13-24)29-21-26(37)15-17-31(29)39-35(34)40-18-8-3-9-19-40/h1-2,4-7,10-17,20-22H,3,8-9,18-19H2/p+1. The fourth-order valence-electron chi connectivity index (χ4n) is 5.97. The number of benzene rings is 4. The number of nitrogens with one attached hydrogen (secondary N) is 1. The van der Waals surface area contributed by atoms with Crippen molar-refractivity contribution in [3.05, 3.63) is 112 Å². The predicted molar refractivity (Wildman–Crippen MR) is 174 cm³/mol. The van der Waals surface area contributed by atoms with Crippen LogP contribution in [0.15, 0.2) is 112 Å². The first-order chi connectivity index (χ1) is 19.7. The first kappa shape index (κ1) is 25.4. The lowest BCUT2D eigenvalue weighted by molar-refractivity contribution is -0.330. The summed E-state index contributed by atoms with van der Waals surface area (Å²) < 4.78 is 2.11. The van der Waals surface area contributed by atoms with E-state index in [-0.39, 0.29) is 0 Å². The molecule has 0 atom stereocenters. The molecule has 0 aliphatic carbocycles. The van der Waals surface area contributed by atoms with E-state index >= 15 is 0 Å². The molecular weight excluding hydrogens is 622 g/mol. The van der Waals surface area contributed by atoms with Gasteiger partial charge in [-0.15, -0.1) is 0 Å². The van der Waals surface area contributed by atoms with Crippen molar-refractivity contribution in [2.24, 2.45) is 0 Å². The quantitative estimate of drug-likeness (QED) is 0.190. The van der Waals surface area contributed by atoms with Crippen LogP contribution in [0.2, 0.25) is 0 Å². The number of anilines is 1. The Labute approximate surface area is 251 Å². The zero-order chi connectivity index (χ0) is 27.1. The molecule has 1 N–H and O–H groups in total. The van der Waals surface area contributed by atoms with Crippen molar-refractivity contribution < 1.29 is 4.98 Å². The molecule has 0 unspecified atom stereocenters. The van der Waals surface area contributed by atoms with Crippen LogP contribution in [0.25, 0.3) is 55.3 Å². The SMILES string of the molecule is Brc1ccc2nc(-c3c(N4CCCCC4)[nH+]c4ccc(Br)cc4c3-c3ccccc3)cc(-c3ccccc3)c2c1. The molecule has 3 heterocycles. The number of piperidine rings is 1. The van der Waals surface area contributed by atoms with E-state index in [4.69, 9.17) is 4.98 Å². The maximum absolute atomic E-state index is 5.36. The van der Waals surface area contributed by atoms with Gasteiger partial charge in [0.25, 0.3) is 5.82 Å². The van der Waals surface area contributed by atoms with Crippen LogP contribution >= 0.6 is 31.9 Å². The normalized spacial score (nSPS) is 13.7. The number of H-pyrrole nitrogens is 1. The summed E-state index contributed by atoms with van der Waals surface area (Å²) >= 11 is 7.45. The van der Waals surface area contributed by atoms with Crippen LogP contribution in [0, 0.1) is 0 Å². The van der Waals surface area contributed by atoms with Gasteiger partial charge in [-0.2, -0.15) is 0 Å². The highest BCUT2D eigenvalue weighted by molar-refractivity contribution is 9.10. The topological polar surface area (TPSA) is 30.3 Å². The van der Waals surface area contributed by atoms with E-state index in [0.29, 0.717) is 0 Å². The molecule has 2 aromatic heterocycles. The Morgan fingerprint density at radius 1 is 0.625 bits per heavy atom. The molecule has 1 fully saturated rings. The first-order valence-electron chi connectivity index (χ1n) is 13.8. The van der Waals surface area contributed by atoms with Gasteiger partial charge in [-0.3, -0.25) is 4.90 Å². The first-order valence-corrected chi connectivity index (χ1v) is 15.4. The van der Waals surface area contributed by atoms with E-state index in [2.05, 4.69) is 145 Å². The van der Waals surface area contributed by atoms with E-state index in [0.717, 1.165) is 55.5 Å². The van der Waals surface area contributed by atoms with Gasteiger partial charge < -0.3 is 0 Å². The highest BCUT2D eigenvalue weighted by Crippen LogP contribution is 2.44. The van der Waals surface area contributed by atoms with Gasteiger partial charge in [-0.25, -0.2) is 9.97 Å². The van der Waals surface area contributed by atoms with Gasteiger partial charge in [-0.05, 0) is 78.4 Å². The molecular formula is C35H28Br2N3+. The lowest BCUT2D eigenvalue weighted by Gasteiger charge is -2.25. The Bertz CT molecular complexity index is 1850. The predicted octanol–water partition coefficient (Wildman–Crippen LogP) is 9.72. The summed E-state index contributed by atoms with van der Waals surface area (Å²) in [4.78, 5) is 11.8. The average molecular weight is 650 g/mol. The highest BCUT2D eigenvalue weighted by atomic mass is 79.9. The van der Waals surface area contributed by atoms with Crippen LogP contribution in [0.1, 0.15) is 19.3 Å². The minimum Gasteiger partial charge on any atom is -0.261 e. The number of halogens is 2. The molecule has 0 spiro atoms. The third-order valence-corrected chi connectivity index (χ3v) is 8.82. The molecule has 40 heavy (non-hydrogen) atoms. The number of hydrogen-bond acceptors (Lipinski definition) is 2. The van der Waals surface area contributed by atoms with Gasteiger partial charge in [0.05, 0.1) is 29.9 Å². The molecule has 0 saturated carbocycles. The molecule has 6 aromatic rings. The summed E-state index contributed by atoms with van der Waals surface area (Å²) in [7, 11) is 0. The van der Waals surface area contributed by atoms with Crippen molar-refractivity contribution in [3.63, 3.8) is 0 Å². The number of nitrogens with zero attached hydrogens (tertiary/aromatic N) is 2. The van der Waals surface area contributed by atoms with Crippen LogP contribution in [-0.4, -0.2) is 18.1 Å². The summed E-state index contributed by atoms with van der Waals surface area (Å²) in [5.41, 5.74) is 9.00. The molecule has 0 bridgehead atoms. The lowest BCUT2D eigenvalue weighted by Crippen LogP contribution is -2.35. The van der Waals surface area contributed by atoms with Crippen LogP contribution in [0.3, 0.4) is 0 Å². The summed E-state index contributed by atoms with van der Waals surface area (Å²) in [5, 5.41) is 2.31. The molecule has 1 aliphatic heterocycles. The van der Waals surface area contributed by atoms with Crippen LogP contribution in [0.4, 0.5) is 5.82 Å². The minimum atomic E-state index is 0.978. The van der Waals surface area contributed by atoms with Crippen LogP contribution < -0.4 is 9.88 Å². The third kappa shape index (κ3) is 4.71. The number of aromatic amines is 1. The number of hydrogen-bond donors (Lipinski definition) is 0. The molecule has 0 amide bonds. The van der Waals surface area contributed by atoms with Crippen molar-refractivity contribution in [1.82, 2.24) is 4.98 Å².